The number of hydrogen-bond donors (Lipinski definition) is 1. The third-order valence-corrected chi connectivity index (χ3v) is 4.02. The number of hydrogen-bond acceptors (Lipinski definition) is 4. The number of fused-ring (bicyclic) bond motifs is 1. The minimum Gasteiger partial charge on any atom is -0.507 e. The molecule has 0 spiro atoms. The van der Waals surface area contributed by atoms with Crippen LogP contribution in [0.1, 0.15) is 21.5 Å². The minimum atomic E-state index is -0.551. The first-order valence-electron chi connectivity index (χ1n) is 8.43. The van der Waals surface area contributed by atoms with Crippen molar-refractivity contribution < 1.29 is 31.4 Å². The molecule has 0 saturated heterocycles. The Morgan fingerprint density at radius 1 is 1.14 bits per heavy atom. The van der Waals surface area contributed by atoms with Gasteiger partial charge in [0.05, 0.1) is 5.56 Å². The van der Waals surface area contributed by atoms with E-state index < -0.39 is 11.4 Å². The number of carbonyl (C=O) groups excluding carboxylic acids is 1. The third kappa shape index (κ3) is 4.97. The number of rotatable bonds is 3. The molecule has 0 aliphatic rings. The van der Waals surface area contributed by atoms with Crippen molar-refractivity contribution in [3.63, 3.8) is 0 Å². The van der Waals surface area contributed by atoms with Crippen LogP contribution in [0, 0.1) is 6.92 Å². The molecule has 142 valence electrons. The van der Waals surface area contributed by atoms with Crippen LogP contribution in [0.2, 0.25) is 0 Å². The normalized spacial score (nSPS) is 10.3. The molecule has 0 atom stereocenters. The average molecular weight is 414 g/mol. The molecule has 0 aliphatic heterocycles. The van der Waals surface area contributed by atoms with Crippen LogP contribution < -0.4 is 5.63 Å². The molecule has 28 heavy (non-hydrogen) atoms. The number of benzene rings is 1. The van der Waals surface area contributed by atoms with E-state index in [2.05, 4.69) is 0 Å². The Kier molecular flexibility index (Phi) is 7.33. The molecule has 0 radical (unpaired) electrons. The second-order valence-corrected chi connectivity index (χ2v) is 5.96. The van der Waals surface area contributed by atoms with Crippen LogP contribution in [0.25, 0.3) is 17.0 Å². The third-order valence-electron chi connectivity index (χ3n) is 4.02. The molecule has 0 fully saturated rings. The summed E-state index contributed by atoms with van der Waals surface area (Å²) in [5.41, 5.74) is 1.14. The standard InChI is InChI=1S/C18H13O4.C5H5.Fe/c1-11-10-16(21)22-18-13(11)7-9-15(20)17(18)14(19)8-6-12-4-2-3-5-12;1-2-4-5-3-1;/h2-10,20H,1H3;1-5H;/q2*-1;+2. The Labute approximate surface area is 172 Å². The van der Waals surface area contributed by atoms with Crippen molar-refractivity contribution in [2.75, 3.05) is 0 Å². The van der Waals surface area contributed by atoms with Crippen LogP contribution in [-0.2, 0) is 17.1 Å². The predicted molar refractivity (Wildman–Crippen MR) is 106 cm³/mol. The summed E-state index contributed by atoms with van der Waals surface area (Å²) in [6.45, 7) is 1.75. The molecule has 1 N–H and O–H groups in total. The van der Waals surface area contributed by atoms with Crippen molar-refractivity contribution in [1.29, 1.82) is 0 Å². The van der Waals surface area contributed by atoms with Gasteiger partial charge in [-0.2, -0.15) is 30.3 Å². The maximum absolute atomic E-state index is 12.4. The number of ketones is 1. The smallest absolute Gasteiger partial charge is 0.507 e. The van der Waals surface area contributed by atoms with E-state index in [1.54, 1.807) is 19.1 Å². The van der Waals surface area contributed by atoms with Gasteiger partial charge in [0.25, 0.3) is 0 Å². The van der Waals surface area contributed by atoms with Crippen LogP contribution in [0.5, 0.6) is 5.75 Å². The topological polar surface area (TPSA) is 67.5 Å². The van der Waals surface area contributed by atoms with Crippen molar-refractivity contribution in [1.82, 2.24) is 0 Å². The molecule has 4 aromatic rings. The van der Waals surface area contributed by atoms with E-state index in [4.69, 9.17) is 4.42 Å². The van der Waals surface area contributed by atoms with E-state index in [1.165, 1.54) is 18.2 Å². The maximum atomic E-state index is 12.4. The van der Waals surface area contributed by atoms with Crippen LogP contribution in [0.4, 0.5) is 0 Å². The van der Waals surface area contributed by atoms with Gasteiger partial charge in [-0.15, -0.1) is 23.8 Å². The molecule has 0 bridgehead atoms. The summed E-state index contributed by atoms with van der Waals surface area (Å²) in [7, 11) is 0. The largest absolute Gasteiger partial charge is 2.00 e. The summed E-state index contributed by atoms with van der Waals surface area (Å²) < 4.78 is 5.14. The molecule has 3 aromatic carbocycles. The van der Waals surface area contributed by atoms with Crippen molar-refractivity contribution in [2.45, 2.75) is 6.92 Å². The van der Waals surface area contributed by atoms with E-state index in [-0.39, 0.29) is 34.0 Å². The van der Waals surface area contributed by atoms with Gasteiger partial charge < -0.3 is 14.3 Å². The van der Waals surface area contributed by atoms with Gasteiger partial charge in [0, 0.05) is 11.5 Å². The average Bonchev–Trinajstić information content (AvgIpc) is 3.35. The molecule has 4 nitrogen and oxygen atoms in total. The first-order valence-corrected chi connectivity index (χ1v) is 8.43. The molecule has 0 unspecified atom stereocenters. The van der Waals surface area contributed by atoms with Gasteiger partial charge in [-0.3, -0.25) is 0 Å². The number of aryl methyl sites for hydroxylation is 1. The summed E-state index contributed by atoms with van der Waals surface area (Å²) in [6, 6.07) is 21.9. The van der Waals surface area contributed by atoms with Crippen molar-refractivity contribution in [3.05, 3.63) is 106 Å². The van der Waals surface area contributed by atoms with Gasteiger partial charge in [0.1, 0.15) is 5.75 Å². The number of carbonyl (C=O) groups is 1. The number of aromatic hydroxyl groups is 1. The Hall–Kier alpha value is -3.14. The molecule has 1 heterocycles. The van der Waals surface area contributed by atoms with E-state index in [9.17, 15) is 14.7 Å². The fourth-order valence-corrected chi connectivity index (χ4v) is 2.69. The van der Waals surface area contributed by atoms with Gasteiger partial charge in [0.2, 0.25) is 0 Å². The summed E-state index contributed by atoms with van der Waals surface area (Å²) >= 11 is 0. The Morgan fingerprint density at radius 2 is 1.82 bits per heavy atom. The second kappa shape index (κ2) is 9.70. The Balaban J connectivity index is 0.000000408. The zero-order valence-electron chi connectivity index (χ0n) is 15.1. The number of phenols is 1. The van der Waals surface area contributed by atoms with Crippen LogP contribution in [0.3, 0.4) is 0 Å². The molecule has 1 aromatic heterocycles. The molecule has 0 saturated carbocycles. The zero-order chi connectivity index (χ0) is 19.2. The van der Waals surface area contributed by atoms with E-state index in [0.717, 1.165) is 5.56 Å². The monoisotopic (exact) mass is 414 g/mol. The van der Waals surface area contributed by atoms with E-state index in [0.29, 0.717) is 10.9 Å². The summed E-state index contributed by atoms with van der Waals surface area (Å²) in [5, 5.41) is 10.6. The first kappa shape index (κ1) is 21.2. The van der Waals surface area contributed by atoms with Gasteiger partial charge in [0.15, 0.2) is 11.4 Å². The van der Waals surface area contributed by atoms with Crippen molar-refractivity contribution in [2.24, 2.45) is 0 Å². The molecular weight excluding hydrogens is 396 g/mol. The maximum Gasteiger partial charge on any atom is 2.00 e. The number of allylic oxidation sites excluding steroid dienone is 1. The Morgan fingerprint density at radius 3 is 2.43 bits per heavy atom. The fourth-order valence-electron chi connectivity index (χ4n) is 2.69. The molecule has 4 rings (SSSR count). The van der Waals surface area contributed by atoms with Crippen molar-refractivity contribution in [3.8, 4) is 5.75 Å². The van der Waals surface area contributed by atoms with E-state index in [1.807, 2.05) is 54.6 Å². The molecule has 0 amide bonds. The first-order chi connectivity index (χ1) is 13.1. The number of phenolic OH excluding ortho intramolecular Hbond substituents is 1. The zero-order valence-corrected chi connectivity index (χ0v) is 16.2. The van der Waals surface area contributed by atoms with Crippen LogP contribution in [0.15, 0.2) is 88.1 Å². The second-order valence-electron chi connectivity index (χ2n) is 5.96. The molecular formula is C23H18FeO4. The Bertz CT molecular complexity index is 1100. The summed E-state index contributed by atoms with van der Waals surface area (Å²) in [5.74, 6) is -0.628. The van der Waals surface area contributed by atoms with Gasteiger partial charge in [-0.25, -0.2) is 16.9 Å². The quantitative estimate of drug-likeness (QED) is 0.172. The molecule has 5 heteroatoms. The summed E-state index contributed by atoms with van der Waals surface area (Å²) in [4.78, 5) is 23.9. The SMILES string of the molecule is Cc1cc(=O)oc2c(C(=O)C=C[c-]3cccc3)c(O)ccc12.[Fe+2].c1cc[cH-]c1. The van der Waals surface area contributed by atoms with Crippen LogP contribution >= 0.6 is 0 Å². The predicted octanol–water partition coefficient (Wildman–Crippen LogP) is 4.83. The van der Waals surface area contributed by atoms with E-state index >= 15 is 0 Å². The summed E-state index contributed by atoms with van der Waals surface area (Å²) in [6.07, 6.45) is 3.00. The van der Waals surface area contributed by atoms with Crippen LogP contribution in [-0.4, -0.2) is 10.9 Å². The van der Waals surface area contributed by atoms with Crippen molar-refractivity contribution >= 4 is 22.8 Å². The minimum absolute atomic E-state index is 0. The fraction of sp³-hybridized carbons (Fsp3) is 0.0435. The molecule has 0 aliphatic carbocycles. The van der Waals surface area contributed by atoms with Gasteiger partial charge >= 0.3 is 22.7 Å². The van der Waals surface area contributed by atoms with Gasteiger partial charge in [-0.05, 0) is 24.6 Å². The van der Waals surface area contributed by atoms with Gasteiger partial charge in [-0.1, -0.05) is 6.08 Å².